The van der Waals surface area contributed by atoms with Crippen molar-refractivity contribution in [2.24, 2.45) is 0 Å². The normalized spacial score (nSPS) is 10.8. The Morgan fingerprint density at radius 3 is 2.60 bits per heavy atom. The topological polar surface area (TPSA) is 80.9 Å². The number of aromatic nitrogens is 3. The van der Waals surface area contributed by atoms with Crippen LogP contribution < -0.4 is 5.32 Å². The first-order valence-electron chi connectivity index (χ1n) is 7.76. The number of anilines is 1. The maximum absolute atomic E-state index is 12.3. The highest BCUT2D eigenvalue weighted by Gasteiger charge is 2.13. The Labute approximate surface area is 143 Å². The number of carbonyl (C=O) groups is 1. The standard InChI is InChI=1S/C19H14N4O2/c1-12-6-8-13(9-7-12)16-10-18(25-23-16)22-19(24)17-11-20-14-4-2-3-5-15(14)21-17/h2-11H,1H3,(H,22,24). The molecule has 6 nitrogen and oxygen atoms in total. The summed E-state index contributed by atoms with van der Waals surface area (Å²) in [6.45, 7) is 2.02. The third-order valence-corrected chi connectivity index (χ3v) is 3.78. The van der Waals surface area contributed by atoms with E-state index in [9.17, 15) is 4.79 Å². The van der Waals surface area contributed by atoms with Crippen LogP contribution in [0.3, 0.4) is 0 Å². The lowest BCUT2D eigenvalue weighted by molar-refractivity contribution is 0.101. The molecule has 6 heteroatoms. The zero-order valence-corrected chi connectivity index (χ0v) is 13.4. The maximum Gasteiger partial charge on any atom is 0.278 e. The molecular formula is C19H14N4O2. The van der Waals surface area contributed by atoms with Crippen molar-refractivity contribution in [2.75, 3.05) is 5.32 Å². The van der Waals surface area contributed by atoms with E-state index >= 15 is 0 Å². The van der Waals surface area contributed by atoms with Crippen molar-refractivity contribution in [3.05, 3.63) is 72.1 Å². The molecule has 0 fully saturated rings. The van der Waals surface area contributed by atoms with Gasteiger partial charge >= 0.3 is 0 Å². The quantitative estimate of drug-likeness (QED) is 0.617. The minimum atomic E-state index is -0.398. The summed E-state index contributed by atoms with van der Waals surface area (Å²) in [5.41, 5.74) is 4.34. The third kappa shape index (κ3) is 3.10. The molecule has 0 aliphatic carbocycles. The third-order valence-electron chi connectivity index (χ3n) is 3.78. The highest BCUT2D eigenvalue weighted by Crippen LogP contribution is 2.22. The summed E-state index contributed by atoms with van der Waals surface area (Å²) in [5.74, 6) is -0.139. The van der Waals surface area contributed by atoms with E-state index in [0.717, 1.165) is 16.6 Å². The van der Waals surface area contributed by atoms with Crippen LogP contribution in [0.4, 0.5) is 5.88 Å². The highest BCUT2D eigenvalue weighted by atomic mass is 16.5. The number of benzene rings is 2. The number of para-hydroxylation sites is 2. The predicted molar refractivity (Wildman–Crippen MR) is 94.2 cm³/mol. The molecule has 1 amide bonds. The summed E-state index contributed by atoms with van der Waals surface area (Å²) >= 11 is 0. The Balaban J connectivity index is 1.55. The largest absolute Gasteiger partial charge is 0.338 e. The van der Waals surface area contributed by atoms with Gasteiger partial charge in [-0.25, -0.2) is 4.98 Å². The summed E-state index contributed by atoms with van der Waals surface area (Å²) in [6, 6.07) is 16.9. The van der Waals surface area contributed by atoms with Crippen LogP contribution in [-0.4, -0.2) is 21.0 Å². The number of aryl methyl sites for hydroxylation is 1. The number of amides is 1. The predicted octanol–water partition coefficient (Wildman–Crippen LogP) is 3.85. The van der Waals surface area contributed by atoms with E-state index in [4.69, 9.17) is 4.52 Å². The molecule has 0 radical (unpaired) electrons. The van der Waals surface area contributed by atoms with Crippen LogP contribution in [0, 0.1) is 6.92 Å². The fraction of sp³-hybridized carbons (Fsp3) is 0.0526. The summed E-state index contributed by atoms with van der Waals surface area (Å²) in [6.07, 6.45) is 1.44. The molecule has 1 N–H and O–H groups in total. The molecule has 2 heterocycles. The van der Waals surface area contributed by atoms with E-state index in [0.29, 0.717) is 11.2 Å². The van der Waals surface area contributed by atoms with Gasteiger partial charge in [-0.15, -0.1) is 0 Å². The summed E-state index contributed by atoms with van der Waals surface area (Å²) in [5, 5.41) is 6.64. The van der Waals surface area contributed by atoms with E-state index in [1.807, 2.05) is 55.5 Å². The van der Waals surface area contributed by atoms with Gasteiger partial charge in [0.25, 0.3) is 5.91 Å². The van der Waals surface area contributed by atoms with Gasteiger partial charge in [0.1, 0.15) is 11.4 Å². The van der Waals surface area contributed by atoms with E-state index in [-0.39, 0.29) is 11.6 Å². The molecule has 0 bridgehead atoms. The summed E-state index contributed by atoms with van der Waals surface area (Å²) < 4.78 is 5.20. The Morgan fingerprint density at radius 2 is 1.80 bits per heavy atom. The minimum absolute atomic E-state index is 0.215. The Hall–Kier alpha value is -3.54. The molecule has 4 rings (SSSR count). The van der Waals surface area contributed by atoms with E-state index < -0.39 is 5.91 Å². The second-order valence-electron chi connectivity index (χ2n) is 5.64. The second kappa shape index (κ2) is 6.16. The first-order chi connectivity index (χ1) is 12.2. The number of carbonyl (C=O) groups excluding carboxylic acids is 1. The lowest BCUT2D eigenvalue weighted by atomic mass is 10.1. The number of rotatable bonds is 3. The van der Waals surface area contributed by atoms with Crippen molar-refractivity contribution in [3.8, 4) is 11.3 Å². The monoisotopic (exact) mass is 330 g/mol. The van der Waals surface area contributed by atoms with E-state index in [1.165, 1.54) is 6.20 Å². The molecule has 0 saturated carbocycles. The summed E-state index contributed by atoms with van der Waals surface area (Å²) in [7, 11) is 0. The zero-order chi connectivity index (χ0) is 17.2. The van der Waals surface area contributed by atoms with Crippen molar-refractivity contribution >= 4 is 22.8 Å². The van der Waals surface area contributed by atoms with E-state index in [1.54, 1.807) is 6.07 Å². The molecule has 0 aliphatic rings. The molecule has 2 aromatic heterocycles. The molecule has 0 spiro atoms. The van der Waals surface area contributed by atoms with E-state index in [2.05, 4.69) is 20.4 Å². The van der Waals surface area contributed by atoms with Gasteiger partial charge in [-0.1, -0.05) is 47.1 Å². The van der Waals surface area contributed by atoms with Crippen LogP contribution >= 0.6 is 0 Å². The molecule has 0 saturated heterocycles. The van der Waals surface area contributed by atoms with Gasteiger partial charge < -0.3 is 4.52 Å². The minimum Gasteiger partial charge on any atom is -0.338 e. The second-order valence-corrected chi connectivity index (χ2v) is 5.64. The molecule has 4 aromatic rings. The number of hydrogen-bond acceptors (Lipinski definition) is 5. The lowest BCUT2D eigenvalue weighted by Gasteiger charge is -2.01. The number of hydrogen-bond donors (Lipinski definition) is 1. The fourth-order valence-electron chi connectivity index (χ4n) is 2.44. The lowest BCUT2D eigenvalue weighted by Crippen LogP contribution is -2.13. The van der Waals surface area contributed by atoms with Gasteiger partial charge in [0, 0.05) is 11.6 Å². The first-order valence-corrected chi connectivity index (χ1v) is 7.76. The van der Waals surface area contributed by atoms with Crippen LogP contribution in [0.15, 0.2) is 65.3 Å². The van der Waals surface area contributed by atoms with Crippen LogP contribution in [0.25, 0.3) is 22.3 Å². The van der Waals surface area contributed by atoms with Gasteiger partial charge in [-0.2, -0.15) is 0 Å². The number of nitrogens with one attached hydrogen (secondary N) is 1. The van der Waals surface area contributed by atoms with Crippen LogP contribution in [-0.2, 0) is 0 Å². The van der Waals surface area contributed by atoms with Crippen molar-refractivity contribution in [2.45, 2.75) is 6.92 Å². The molecule has 25 heavy (non-hydrogen) atoms. The van der Waals surface area contributed by atoms with Gasteiger partial charge in [0.15, 0.2) is 0 Å². The zero-order valence-electron chi connectivity index (χ0n) is 13.4. The van der Waals surface area contributed by atoms with Crippen molar-refractivity contribution in [3.63, 3.8) is 0 Å². The summed E-state index contributed by atoms with van der Waals surface area (Å²) in [4.78, 5) is 20.9. The molecule has 0 unspecified atom stereocenters. The number of nitrogens with zero attached hydrogens (tertiary/aromatic N) is 3. The Morgan fingerprint density at radius 1 is 1.04 bits per heavy atom. The average Bonchev–Trinajstić information content (AvgIpc) is 3.10. The highest BCUT2D eigenvalue weighted by molar-refractivity contribution is 6.02. The molecule has 0 atom stereocenters. The number of fused-ring (bicyclic) bond motifs is 1. The maximum atomic E-state index is 12.3. The SMILES string of the molecule is Cc1ccc(-c2cc(NC(=O)c3cnc4ccccc4n3)on2)cc1. The Kier molecular flexibility index (Phi) is 3.70. The Bertz CT molecular complexity index is 1050. The smallest absolute Gasteiger partial charge is 0.278 e. The van der Waals surface area contributed by atoms with Crippen molar-refractivity contribution in [1.82, 2.24) is 15.1 Å². The molecule has 122 valence electrons. The molecular weight excluding hydrogens is 316 g/mol. The first kappa shape index (κ1) is 15.0. The van der Waals surface area contributed by atoms with Gasteiger partial charge in [-0.05, 0) is 19.1 Å². The fourth-order valence-corrected chi connectivity index (χ4v) is 2.44. The van der Waals surface area contributed by atoms with Crippen molar-refractivity contribution in [1.29, 1.82) is 0 Å². The average molecular weight is 330 g/mol. The van der Waals surface area contributed by atoms with Crippen LogP contribution in [0.1, 0.15) is 16.1 Å². The van der Waals surface area contributed by atoms with Gasteiger partial charge in [0.2, 0.25) is 5.88 Å². The van der Waals surface area contributed by atoms with Gasteiger partial charge in [-0.3, -0.25) is 15.1 Å². The molecule has 2 aromatic carbocycles. The van der Waals surface area contributed by atoms with Crippen LogP contribution in [0.2, 0.25) is 0 Å². The van der Waals surface area contributed by atoms with Crippen LogP contribution in [0.5, 0.6) is 0 Å². The molecule has 0 aliphatic heterocycles. The van der Waals surface area contributed by atoms with Crippen molar-refractivity contribution < 1.29 is 9.32 Å². The van der Waals surface area contributed by atoms with Gasteiger partial charge in [0.05, 0.1) is 17.2 Å².